The zero-order valence-electron chi connectivity index (χ0n) is 17.0. The van der Waals surface area contributed by atoms with E-state index in [1.165, 1.54) is 18.1 Å². The molecule has 9 nitrogen and oxygen atoms in total. The maximum absolute atomic E-state index is 6.43. The number of hydrogen-bond donors (Lipinski definition) is 2. The van der Waals surface area contributed by atoms with E-state index in [1.54, 1.807) is 6.20 Å². The third kappa shape index (κ3) is 3.78. The molecule has 2 fully saturated rings. The number of ether oxygens (including phenoxy) is 1. The maximum atomic E-state index is 6.43. The van der Waals surface area contributed by atoms with Gasteiger partial charge in [-0.25, -0.2) is 24.9 Å². The number of nitrogens with two attached hydrogens (primary N) is 2. The van der Waals surface area contributed by atoms with Crippen LogP contribution in [0.5, 0.6) is 0 Å². The van der Waals surface area contributed by atoms with Gasteiger partial charge < -0.3 is 21.1 Å². The van der Waals surface area contributed by atoms with Crippen LogP contribution in [0.4, 0.5) is 11.6 Å². The standard InChI is InChI=1S/C20H23ClN8OS/c1-11-16(22)20(9-30-11)4-6-29(7-5-20)13-8-24-18-12(27-13)2-3-14(28-18)31-19-15(21)17(23)25-10-26-19/h2-3,8,10-11,16H,4-7,9,22H2,1H3,(H2,23,25,26)/t11-,16+/m0/s1. The normalized spacial score (nSPS) is 23.0. The summed E-state index contributed by atoms with van der Waals surface area (Å²) < 4.78 is 5.82. The fraction of sp³-hybridized carbons (Fsp3) is 0.450. The van der Waals surface area contributed by atoms with Gasteiger partial charge >= 0.3 is 0 Å². The number of piperidine rings is 1. The third-order valence-electron chi connectivity index (χ3n) is 6.28. The predicted octanol–water partition coefficient (Wildman–Crippen LogP) is 2.53. The molecule has 0 aliphatic carbocycles. The summed E-state index contributed by atoms with van der Waals surface area (Å²) in [7, 11) is 0. The van der Waals surface area contributed by atoms with Crippen LogP contribution in [0.2, 0.25) is 5.02 Å². The molecular weight excluding hydrogens is 436 g/mol. The van der Waals surface area contributed by atoms with Crippen LogP contribution in [0.1, 0.15) is 19.8 Å². The van der Waals surface area contributed by atoms with Crippen molar-refractivity contribution in [1.29, 1.82) is 0 Å². The summed E-state index contributed by atoms with van der Waals surface area (Å²) in [5.74, 6) is 1.10. The summed E-state index contributed by atoms with van der Waals surface area (Å²) in [5, 5.41) is 1.58. The lowest BCUT2D eigenvalue weighted by atomic mass is 9.73. The third-order valence-corrected chi connectivity index (χ3v) is 7.71. The Morgan fingerprint density at radius 3 is 2.74 bits per heavy atom. The molecule has 162 valence electrons. The number of anilines is 2. The van der Waals surface area contributed by atoms with Gasteiger partial charge in [-0.3, -0.25) is 0 Å². The van der Waals surface area contributed by atoms with Gasteiger partial charge in [0, 0.05) is 24.5 Å². The van der Waals surface area contributed by atoms with Crippen molar-refractivity contribution in [2.24, 2.45) is 11.1 Å². The highest BCUT2D eigenvalue weighted by atomic mass is 35.5. The first kappa shape index (κ1) is 20.6. The second-order valence-electron chi connectivity index (χ2n) is 8.09. The minimum atomic E-state index is 0.0829. The largest absolute Gasteiger partial charge is 0.382 e. The molecule has 4 N–H and O–H groups in total. The van der Waals surface area contributed by atoms with Crippen molar-refractivity contribution < 1.29 is 4.74 Å². The number of halogens is 1. The quantitative estimate of drug-likeness (QED) is 0.564. The van der Waals surface area contributed by atoms with Gasteiger partial charge in [-0.2, -0.15) is 0 Å². The van der Waals surface area contributed by atoms with Gasteiger partial charge in [0.05, 0.1) is 18.9 Å². The van der Waals surface area contributed by atoms with E-state index in [9.17, 15) is 0 Å². The molecule has 1 spiro atoms. The molecule has 0 aromatic carbocycles. The smallest absolute Gasteiger partial charge is 0.179 e. The number of rotatable bonds is 3. The van der Waals surface area contributed by atoms with Gasteiger partial charge in [0.15, 0.2) is 5.65 Å². The highest BCUT2D eigenvalue weighted by molar-refractivity contribution is 7.99. The van der Waals surface area contributed by atoms with E-state index in [2.05, 4.69) is 31.8 Å². The van der Waals surface area contributed by atoms with Crippen molar-refractivity contribution in [3.8, 4) is 0 Å². The van der Waals surface area contributed by atoms with Crippen LogP contribution in [0.3, 0.4) is 0 Å². The highest BCUT2D eigenvalue weighted by Gasteiger charge is 2.47. The molecule has 11 heteroatoms. The lowest BCUT2D eigenvalue weighted by molar-refractivity contribution is 0.0974. The highest BCUT2D eigenvalue weighted by Crippen LogP contribution is 2.41. The Labute approximate surface area is 189 Å². The Morgan fingerprint density at radius 1 is 1.19 bits per heavy atom. The molecule has 2 saturated heterocycles. The molecule has 3 aromatic heterocycles. The lowest BCUT2D eigenvalue weighted by Crippen LogP contribution is -2.50. The van der Waals surface area contributed by atoms with E-state index in [0.29, 0.717) is 20.7 Å². The second-order valence-corrected chi connectivity index (χ2v) is 9.48. The van der Waals surface area contributed by atoms with Crippen LogP contribution in [-0.4, -0.2) is 56.8 Å². The summed E-state index contributed by atoms with van der Waals surface area (Å²) in [4.78, 5) is 24.2. The number of pyridine rings is 1. The fourth-order valence-corrected chi connectivity index (χ4v) is 5.25. The summed E-state index contributed by atoms with van der Waals surface area (Å²) in [5.41, 5.74) is 13.6. The van der Waals surface area contributed by atoms with Gasteiger partial charge in [-0.1, -0.05) is 11.6 Å². The molecule has 2 aliphatic rings. The van der Waals surface area contributed by atoms with Crippen LogP contribution >= 0.6 is 23.4 Å². The Hall–Kier alpha value is -2.27. The first-order chi connectivity index (χ1) is 14.9. The van der Waals surface area contributed by atoms with E-state index in [4.69, 9.17) is 32.8 Å². The first-order valence-corrected chi connectivity index (χ1v) is 11.3. The van der Waals surface area contributed by atoms with Gasteiger partial charge in [-0.15, -0.1) is 0 Å². The summed E-state index contributed by atoms with van der Waals surface area (Å²) in [6.45, 7) is 4.59. The Balaban J connectivity index is 1.32. The predicted molar refractivity (Wildman–Crippen MR) is 120 cm³/mol. The Bertz CT molecular complexity index is 1120. The molecule has 0 amide bonds. The van der Waals surface area contributed by atoms with Crippen LogP contribution in [0.25, 0.3) is 11.2 Å². The van der Waals surface area contributed by atoms with E-state index >= 15 is 0 Å². The number of nitrogen functional groups attached to an aromatic ring is 1. The van der Waals surface area contributed by atoms with Gasteiger partial charge in [0.2, 0.25) is 0 Å². The number of hydrogen-bond acceptors (Lipinski definition) is 10. The van der Waals surface area contributed by atoms with Crippen molar-refractivity contribution in [1.82, 2.24) is 24.9 Å². The molecule has 0 unspecified atom stereocenters. The van der Waals surface area contributed by atoms with Crippen LogP contribution in [0, 0.1) is 5.41 Å². The molecule has 3 aromatic rings. The molecule has 2 aliphatic heterocycles. The van der Waals surface area contributed by atoms with Crippen molar-refractivity contribution >= 4 is 46.2 Å². The average Bonchev–Trinajstić information content (AvgIpc) is 3.06. The van der Waals surface area contributed by atoms with Crippen molar-refractivity contribution in [3.63, 3.8) is 0 Å². The van der Waals surface area contributed by atoms with Crippen LogP contribution in [0.15, 0.2) is 34.7 Å². The zero-order valence-corrected chi connectivity index (χ0v) is 18.6. The molecule has 31 heavy (non-hydrogen) atoms. The van der Waals surface area contributed by atoms with E-state index in [0.717, 1.165) is 43.9 Å². The minimum absolute atomic E-state index is 0.0829. The summed E-state index contributed by atoms with van der Waals surface area (Å²) in [6, 6.07) is 3.88. The first-order valence-electron chi connectivity index (χ1n) is 10.1. The molecule has 5 heterocycles. The lowest BCUT2D eigenvalue weighted by Gasteiger charge is -2.41. The second kappa shape index (κ2) is 8.01. The fourth-order valence-electron chi connectivity index (χ4n) is 4.28. The molecular formula is C20H23ClN8OS. The van der Waals surface area contributed by atoms with Crippen molar-refractivity contribution in [3.05, 3.63) is 29.7 Å². The zero-order chi connectivity index (χ0) is 21.6. The van der Waals surface area contributed by atoms with Crippen molar-refractivity contribution in [2.45, 2.75) is 42.0 Å². The molecule has 2 atom stereocenters. The average molecular weight is 459 g/mol. The maximum Gasteiger partial charge on any atom is 0.179 e. The van der Waals surface area contributed by atoms with Crippen molar-refractivity contribution in [2.75, 3.05) is 30.3 Å². The molecule has 0 radical (unpaired) electrons. The SMILES string of the molecule is C[C@@H]1OCC2(CCN(c3cnc4nc(Sc5ncnc(N)c5Cl)ccc4n3)CC2)[C@@H]1N. The van der Waals surface area contributed by atoms with Crippen LogP contribution in [-0.2, 0) is 4.74 Å². The molecule has 5 rings (SSSR count). The number of aromatic nitrogens is 5. The monoisotopic (exact) mass is 458 g/mol. The topological polar surface area (TPSA) is 129 Å². The van der Waals surface area contributed by atoms with E-state index < -0.39 is 0 Å². The van der Waals surface area contributed by atoms with E-state index in [-0.39, 0.29) is 23.4 Å². The Morgan fingerprint density at radius 2 is 2.00 bits per heavy atom. The Kier molecular flexibility index (Phi) is 5.33. The van der Waals surface area contributed by atoms with E-state index in [1.807, 2.05) is 12.1 Å². The summed E-state index contributed by atoms with van der Waals surface area (Å²) in [6.07, 6.45) is 5.28. The molecule has 0 saturated carbocycles. The minimum Gasteiger partial charge on any atom is -0.382 e. The molecule has 0 bridgehead atoms. The van der Waals surface area contributed by atoms with Gasteiger partial charge in [0.25, 0.3) is 0 Å². The number of nitrogens with zero attached hydrogens (tertiary/aromatic N) is 6. The van der Waals surface area contributed by atoms with Crippen LogP contribution < -0.4 is 16.4 Å². The summed E-state index contributed by atoms with van der Waals surface area (Å²) >= 11 is 7.49. The van der Waals surface area contributed by atoms with Gasteiger partial charge in [0.1, 0.15) is 38.6 Å². The number of fused-ring (bicyclic) bond motifs is 1. The van der Waals surface area contributed by atoms with Gasteiger partial charge in [-0.05, 0) is 43.7 Å².